The maximum absolute atomic E-state index is 13.3. The highest BCUT2D eigenvalue weighted by Crippen LogP contribution is 2.38. The van der Waals surface area contributed by atoms with E-state index in [4.69, 9.17) is 69.6 Å². The van der Waals surface area contributed by atoms with E-state index in [1.807, 2.05) is 5.32 Å². The number of hydrogen-bond donors (Lipinski definition) is 5. The number of urea groups is 2. The second-order valence-corrected chi connectivity index (χ2v) is 17.1. The molecule has 11 nitrogen and oxygen atoms in total. The van der Waals surface area contributed by atoms with Crippen LogP contribution in [-0.2, 0) is 28.7 Å². The second kappa shape index (κ2) is 16.0. The third kappa shape index (κ3) is 10.1. The topological polar surface area (TPSA) is 163 Å². The van der Waals surface area contributed by atoms with E-state index in [2.05, 4.69) is 20.1 Å². The molecule has 5 N–H and O–H groups in total. The summed E-state index contributed by atoms with van der Waals surface area (Å²) in [5, 5.41) is 6.93. The number of alkyl halides is 4. The first-order valence-electron chi connectivity index (χ1n) is 13.7. The third-order valence-corrected chi connectivity index (χ3v) is 11.7. The Kier molecular flexibility index (Phi) is 12.7. The highest BCUT2D eigenvalue weighted by atomic mass is 35.5. The summed E-state index contributed by atoms with van der Waals surface area (Å²) in [4.78, 5) is 25.9. The van der Waals surface area contributed by atoms with Crippen LogP contribution in [0, 0.1) is 0 Å². The molecule has 0 aliphatic heterocycles. The van der Waals surface area contributed by atoms with Crippen LogP contribution < -0.4 is 25.4 Å². The molecule has 0 saturated heterocycles. The first-order chi connectivity index (χ1) is 22.9. The van der Waals surface area contributed by atoms with Gasteiger partial charge >= 0.3 is 12.1 Å². The molecule has 4 aromatic rings. The van der Waals surface area contributed by atoms with E-state index in [1.165, 1.54) is 72.8 Å². The van der Waals surface area contributed by atoms with Gasteiger partial charge in [-0.3, -0.25) is 5.32 Å². The molecule has 2 unspecified atom stereocenters. The zero-order valence-corrected chi connectivity index (χ0v) is 30.7. The van der Waals surface area contributed by atoms with Crippen molar-refractivity contribution in [3.05, 3.63) is 130 Å². The molecule has 2 atom stereocenters. The van der Waals surface area contributed by atoms with Gasteiger partial charge in [0.05, 0.1) is 9.79 Å². The van der Waals surface area contributed by atoms with E-state index >= 15 is 0 Å². The molecule has 0 radical (unpaired) electrons. The quantitative estimate of drug-likeness (QED) is 0.0802. The molecule has 0 aromatic heterocycles. The van der Waals surface area contributed by atoms with Crippen LogP contribution in [0.4, 0.5) is 9.59 Å². The van der Waals surface area contributed by atoms with E-state index in [0.29, 0.717) is 0 Å². The van der Waals surface area contributed by atoms with Gasteiger partial charge in [-0.25, -0.2) is 26.4 Å². The van der Waals surface area contributed by atoms with Gasteiger partial charge in [-0.15, -0.1) is 0 Å². The number of hydrogen-bond acceptors (Lipinski definition) is 6. The summed E-state index contributed by atoms with van der Waals surface area (Å²) in [5.74, 6) is 0. The van der Waals surface area contributed by atoms with Crippen molar-refractivity contribution in [2.24, 2.45) is 0 Å². The molecule has 19 heteroatoms. The molecule has 0 aliphatic carbocycles. The van der Waals surface area contributed by atoms with Crippen LogP contribution in [0.3, 0.4) is 0 Å². The Morgan fingerprint density at radius 2 is 0.816 bits per heavy atom. The molecule has 4 aromatic carbocycles. The van der Waals surface area contributed by atoms with Crippen LogP contribution in [0.1, 0.15) is 11.1 Å². The summed E-state index contributed by atoms with van der Waals surface area (Å²) in [6.07, 6.45) is -3.59. The van der Waals surface area contributed by atoms with Crippen molar-refractivity contribution in [1.82, 2.24) is 25.4 Å². The van der Waals surface area contributed by atoms with Crippen molar-refractivity contribution in [2.75, 3.05) is 0 Å². The largest absolute Gasteiger partial charge is 0.324 e. The minimum absolute atomic E-state index is 0.181. The second-order valence-electron chi connectivity index (χ2n) is 10.1. The molecule has 49 heavy (non-hydrogen) atoms. The lowest BCUT2D eigenvalue weighted by atomic mass is 10.1. The van der Waals surface area contributed by atoms with Gasteiger partial charge in [0, 0.05) is 10.0 Å². The lowest BCUT2D eigenvalue weighted by Crippen LogP contribution is -2.62. The number of amides is 4. The highest BCUT2D eigenvalue weighted by molar-refractivity contribution is 7.89. The molecule has 0 heterocycles. The van der Waals surface area contributed by atoms with Crippen molar-refractivity contribution in [3.63, 3.8) is 0 Å². The SMILES string of the molecule is O=C(NC(=O)NC(NS(=O)(=O)c1ccc(Cl)cc1)C(Cl)(Cl)c1ccccc1)NC(NS(=O)(=O)c1ccc(Cl)cc1)C(Cl)(Cl)c1ccccc1. The van der Waals surface area contributed by atoms with Gasteiger partial charge < -0.3 is 10.6 Å². The smallest absolute Gasteiger partial charge is 0.318 e. The fourth-order valence-corrected chi connectivity index (χ4v) is 7.96. The minimum atomic E-state index is -4.40. The Bertz CT molecular complexity index is 1850. The molecule has 0 bridgehead atoms. The van der Waals surface area contributed by atoms with Gasteiger partial charge in [-0.05, 0) is 59.7 Å². The van der Waals surface area contributed by atoms with Crippen LogP contribution >= 0.6 is 69.6 Å². The molecule has 4 amide bonds. The molecule has 0 aliphatic rings. The average molecular weight is 828 g/mol. The number of carbonyl (C=O) groups is 2. The zero-order valence-electron chi connectivity index (χ0n) is 24.6. The van der Waals surface area contributed by atoms with Gasteiger partial charge in [-0.1, -0.05) is 130 Å². The van der Waals surface area contributed by atoms with Crippen LogP contribution in [0.25, 0.3) is 0 Å². The summed E-state index contributed by atoms with van der Waals surface area (Å²) in [7, 11) is -8.80. The molecular weight excluding hydrogens is 803 g/mol. The van der Waals surface area contributed by atoms with Crippen molar-refractivity contribution < 1.29 is 26.4 Å². The summed E-state index contributed by atoms with van der Waals surface area (Å²) >= 11 is 38.3. The van der Waals surface area contributed by atoms with Gasteiger partial charge in [0.1, 0.15) is 12.3 Å². The number of nitrogens with one attached hydrogen (secondary N) is 5. The lowest BCUT2D eigenvalue weighted by Gasteiger charge is -2.32. The third-order valence-electron chi connectivity index (χ3n) is 6.61. The van der Waals surface area contributed by atoms with E-state index in [-0.39, 0.29) is 31.0 Å². The number of rotatable bonds is 12. The van der Waals surface area contributed by atoms with Crippen LogP contribution in [0.15, 0.2) is 119 Å². The molecule has 260 valence electrons. The zero-order chi connectivity index (χ0) is 36.0. The number of benzene rings is 4. The maximum Gasteiger partial charge on any atom is 0.324 e. The van der Waals surface area contributed by atoms with E-state index < -0.39 is 53.1 Å². The average Bonchev–Trinajstić information content (AvgIpc) is 3.05. The Labute approximate surface area is 312 Å². The molecule has 0 spiro atoms. The van der Waals surface area contributed by atoms with E-state index in [9.17, 15) is 26.4 Å². The summed E-state index contributed by atoms with van der Waals surface area (Å²) < 4.78 is 53.3. The van der Waals surface area contributed by atoms with Crippen molar-refractivity contribution >= 4 is 102 Å². The summed E-state index contributed by atoms with van der Waals surface area (Å²) in [6, 6.07) is 23.1. The van der Waals surface area contributed by atoms with Crippen LogP contribution in [-0.4, -0.2) is 41.2 Å². The minimum Gasteiger partial charge on any atom is -0.318 e. The maximum atomic E-state index is 13.3. The predicted molar refractivity (Wildman–Crippen MR) is 191 cm³/mol. The first-order valence-corrected chi connectivity index (χ1v) is 19.0. The number of carbonyl (C=O) groups excluding carboxylic acids is 2. The van der Waals surface area contributed by atoms with Gasteiger partial charge in [0.15, 0.2) is 8.67 Å². The lowest BCUT2D eigenvalue weighted by molar-refractivity contribution is 0.220. The van der Waals surface area contributed by atoms with Crippen LogP contribution in [0.2, 0.25) is 10.0 Å². The van der Waals surface area contributed by atoms with Crippen molar-refractivity contribution in [1.29, 1.82) is 0 Å². The Morgan fingerprint density at radius 1 is 0.510 bits per heavy atom. The normalized spacial score (nSPS) is 13.6. The number of halogens is 6. The summed E-state index contributed by atoms with van der Waals surface area (Å²) in [6.45, 7) is 0. The molecule has 0 saturated carbocycles. The van der Waals surface area contributed by atoms with Crippen molar-refractivity contribution in [2.45, 2.75) is 30.8 Å². The van der Waals surface area contributed by atoms with Crippen molar-refractivity contribution in [3.8, 4) is 0 Å². The molecule has 0 fully saturated rings. The Balaban J connectivity index is 1.59. The van der Waals surface area contributed by atoms with Gasteiger partial charge in [0.25, 0.3) is 0 Å². The fourth-order valence-electron chi connectivity index (χ4n) is 4.15. The number of sulfonamides is 2. The number of imide groups is 1. The van der Waals surface area contributed by atoms with Crippen LogP contribution in [0.5, 0.6) is 0 Å². The Hall–Kier alpha value is -2.82. The first kappa shape index (κ1) is 39.0. The Morgan fingerprint density at radius 3 is 1.12 bits per heavy atom. The van der Waals surface area contributed by atoms with Gasteiger partial charge in [-0.2, -0.15) is 9.44 Å². The molecular formula is C30H25Cl6N5O6S2. The fraction of sp³-hybridized carbons (Fsp3) is 0.133. The van der Waals surface area contributed by atoms with Gasteiger partial charge in [0.2, 0.25) is 20.0 Å². The monoisotopic (exact) mass is 825 g/mol. The van der Waals surface area contributed by atoms with E-state index in [1.54, 1.807) is 36.4 Å². The predicted octanol–water partition coefficient (Wildman–Crippen LogP) is 6.57. The summed E-state index contributed by atoms with van der Waals surface area (Å²) in [5.41, 5.74) is 0.362. The molecule has 4 rings (SSSR count). The standard InChI is InChI=1S/C30H25Cl6N5O6S2/c31-21-11-15-23(16-12-21)48(44,45)40-25(29(33,34)19-7-3-1-4-8-19)37-27(42)39-28(43)38-26(30(35,36)20-9-5-2-6-10-20)41-49(46,47)24-17-13-22(32)14-18-24/h1-18,25-26,40-41H,(H3,37,38,39,42,43). The highest BCUT2D eigenvalue weighted by Gasteiger charge is 2.43. The van der Waals surface area contributed by atoms with E-state index in [0.717, 1.165) is 0 Å².